The molecule has 0 unspecified atom stereocenters. The second-order valence-electron chi connectivity index (χ2n) is 4.45. The highest BCUT2D eigenvalue weighted by Gasteiger charge is 2.15. The van der Waals surface area contributed by atoms with Crippen molar-refractivity contribution >= 4 is 34.1 Å². The van der Waals surface area contributed by atoms with Gasteiger partial charge in [-0.3, -0.25) is 14.3 Å². The highest BCUT2D eigenvalue weighted by Crippen LogP contribution is 2.34. The Hall–Kier alpha value is -2.11. The van der Waals surface area contributed by atoms with Crippen LogP contribution in [0.15, 0.2) is 41.7 Å². The third-order valence-corrected chi connectivity index (χ3v) is 3.67. The first-order chi connectivity index (χ1) is 10.1. The van der Waals surface area contributed by atoms with Gasteiger partial charge < -0.3 is 5.11 Å². The van der Waals surface area contributed by atoms with Gasteiger partial charge in [0.1, 0.15) is 5.52 Å². The molecule has 0 radical (unpaired) electrons. The molecule has 0 aliphatic heterocycles. The van der Waals surface area contributed by atoms with Gasteiger partial charge in [0.15, 0.2) is 5.75 Å². The van der Waals surface area contributed by atoms with Crippen LogP contribution in [0.2, 0.25) is 10.0 Å². The number of fused-ring (bicyclic) bond motifs is 1. The summed E-state index contributed by atoms with van der Waals surface area (Å²) in [6.45, 7) is 0.337. The summed E-state index contributed by atoms with van der Waals surface area (Å²) in [4.78, 5) is 20.5. The van der Waals surface area contributed by atoms with Crippen LogP contribution in [0.25, 0.3) is 10.9 Å². The lowest BCUT2D eigenvalue weighted by atomic mass is 10.2. The average molecular weight is 322 g/mol. The summed E-state index contributed by atoms with van der Waals surface area (Å²) in [5.74, 6) is -0.246. The van der Waals surface area contributed by atoms with E-state index in [1.54, 1.807) is 24.5 Å². The molecular formula is C14H9Cl2N3O2. The molecule has 0 bridgehead atoms. The van der Waals surface area contributed by atoms with Crippen molar-refractivity contribution in [2.24, 2.45) is 0 Å². The first-order valence-electron chi connectivity index (χ1n) is 6.03. The van der Waals surface area contributed by atoms with Gasteiger partial charge in [0.05, 0.1) is 28.3 Å². The molecule has 1 N–H and O–H groups in total. The van der Waals surface area contributed by atoms with E-state index < -0.39 is 0 Å². The number of halogens is 2. The lowest BCUT2D eigenvalue weighted by Gasteiger charge is -2.09. The van der Waals surface area contributed by atoms with E-state index in [1.807, 2.05) is 0 Å². The summed E-state index contributed by atoms with van der Waals surface area (Å²) in [6, 6.07) is 4.94. The van der Waals surface area contributed by atoms with Crippen LogP contribution in [0.1, 0.15) is 5.56 Å². The summed E-state index contributed by atoms with van der Waals surface area (Å²) in [5, 5.41) is 10.2. The molecule has 2 aromatic heterocycles. The first kappa shape index (κ1) is 13.9. The Morgan fingerprint density at radius 2 is 1.90 bits per heavy atom. The Kier molecular flexibility index (Phi) is 3.53. The molecule has 0 saturated carbocycles. The highest BCUT2D eigenvalue weighted by atomic mass is 35.5. The SMILES string of the molecule is O=c1c2c(Cl)cc(Cl)c(O)c2ncn1Cc1ccncc1. The molecule has 0 amide bonds. The fourth-order valence-corrected chi connectivity index (χ4v) is 2.58. The Bertz CT molecular complexity index is 879. The number of rotatable bonds is 2. The highest BCUT2D eigenvalue weighted by molar-refractivity contribution is 6.39. The van der Waals surface area contributed by atoms with Crippen molar-refractivity contribution in [1.29, 1.82) is 0 Å². The third kappa shape index (κ3) is 2.46. The molecule has 0 saturated heterocycles. The van der Waals surface area contributed by atoms with Gasteiger partial charge in [-0.05, 0) is 23.8 Å². The summed E-state index contributed by atoms with van der Waals surface area (Å²) < 4.78 is 1.41. The van der Waals surface area contributed by atoms with E-state index in [9.17, 15) is 9.90 Å². The van der Waals surface area contributed by atoms with E-state index in [4.69, 9.17) is 23.2 Å². The number of aromatic hydroxyl groups is 1. The van der Waals surface area contributed by atoms with Crippen molar-refractivity contribution in [3.63, 3.8) is 0 Å². The van der Waals surface area contributed by atoms with E-state index in [0.717, 1.165) is 5.56 Å². The van der Waals surface area contributed by atoms with Crippen molar-refractivity contribution in [2.75, 3.05) is 0 Å². The number of pyridine rings is 1. The van der Waals surface area contributed by atoms with Crippen LogP contribution >= 0.6 is 23.2 Å². The maximum absolute atomic E-state index is 12.5. The van der Waals surface area contributed by atoms with Crippen LogP contribution in [-0.2, 0) is 6.54 Å². The van der Waals surface area contributed by atoms with E-state index in [1.165, 1.54) is 17.0 Å². The largest absolute Gasteiger partial charge is 0.504 e. The number of phenols is 1. The van der Waals surface area contributed by atoms with Gasteiger partial charge >= 0.3 is 0 Å². The molecule has 0 aliphatic carbocycles. The maximum atomic E-state index is 12.5. The Morgan fingerprint density at radius 1 is 1.19 bits per heavy atom. The van der Waals surface area contributed by atoms with Gasteiger partial charge in [0.2, 0.25) is 0 Å². The zero-order valence-corrected chi connectivity index (χ0v) is 12.1. The maximum Gasteiger partial charge on any atom is 0.263 e. The van der Waals surface area contributed by atoms with E-state index in [2.05, 4.69) is 9.97 Å². The number of nitrogens with zero attached hydrogens (tertiary/aromatic N) is 3. The molecule has 0 atom stereocenters. The topological polar surface area (TPSA) is 68.0 Å². The van der Waals surface area contributed by atoms with Crippen LogP contribution in [0.5, 0.6) is 5.75 Å². The first-order valence-corrected chi connectivity index (χ1v) is 6.78. The van der Waals surface area contributed by atoms with Crippen LogP contribution in [-0.4, -0.2) is 19.6 Å². The number of aromatic nitrogens is 3. The summed E-state index contributed by atoms with van der Waals surface area (Å²) in [7, 11) is 0. The van der Waals surface area contributed by atoms with Crippen molar-refractivity contribution in [3.05, 3.63) is 62.9 Å². The summed E-state index contributed by atoms with van der Waals surface area (Å²) >= 11 is 11.9. The lowest BCUT2D eigenvalue weighted by molar-refractivity contribution is 0.480. The minimum Gasteiger partial charge on any atom is -0.504 e. The van der Waals surface area contributed by atoms with E-state index in [-0.39, 0.29) is 32.3 Å². The zero-order chi connectivity index (χ0) is 15.0. The predicted octanol–water partition coefficient (Wildman–Crippen LogP) is 2.85. The number of phenolic OH excluding ortho intramolecular Hbond substituents is 1. The number of hydrogen-bond donors (Lipinski definition) is 1. The van der Waals surface area contributed by atoms with Gasteiger partial charge in [-0.25, -0.2) is 4.98 Å². The number of hydrogen-bond acceptors (Lipinski definition) is 4. The fraction of sp³-hybridized carbons (Fsp3) is 0.0714. The summed E-state index contributed by atoms with van der Waals surface area (Å²) in [6.07, 6.45) is 4.65. The van der Waals surface area contributed by atoms with Crippen LogP contribution in [0.3, 0.4) is 0 Å². The monoisotopic (exact) mass is 321 g/mol. The van der Waals surface area contributed by atoms with E-state index >= 15 is 0 Å². The van der Waals surface area contributed by atoms with Gasteiger partial charge in [-0.1, -0.05) is 23.2 Å². The smallest absolute Gasteiger partial charge is 0.263 e. The lowest BCUT2D eigenvalue weighted by Crippen LogP contribution is -2.21. The standard InChI is InChI=1S/C14H9Cl2N3O2/c15-9-5-10(16)13(20)12-11(9)14(21)19(7-18-12)6-8-1-3-17-4-2-8/h1-5,7,20H,6H2. The molecule has 0 fully saturated rings. The Morgan fingerprint density at radius 3 is 2.62 bits per heavy atom. The normalized spacial score (nSPS) is 11.0. The van der Waals surface area contributed by atoms with Crippen LogP contribution < -0.4 is 5.56 Å². The second kappa shape index (κ2) is 5.35. The minimum absolute atomic E-state index is 0.0614. The van der Waals surface area contributed by atoms with Gasteiger partial charge in [-0.15, -0.1) is 0 Å². The molecule has 1 aromatic carbocycles. The quantitative estimate of drug-likeness (QED) is 0.788. The molecule has 7 heteroatoms. The van der Waals surface area contributed by atoms with Crippen molar-refractivity contribution in [2.45, 2.75) is 6.54 Å². The molecular weight excluding hydrogens is 313 g/mol. The molecule has 3 aromatic rings. The van der Waals surface area contributed by atoms with E-state index in [0.29, 0.717) is 6.54 Å². The second-order valence-corrected chi connectivity index (χ2v) is 5.26. The molecule has 106 valence electrons. The molecule has 0 spiro atoms. The van der Waals surface area contributed by atoms with Crippen molar-refractivity contribution in [1.82, 2.24) is 14.5 Å². The van der Waals surface area contributed by atoms with Crippen LogP contribution in [0, 0.1) is 0 Å². The van der Waals surface area contributed by atoms with Crippen molar-refractivity contribution < 1.29 is 5.11 Å². The molecule has 2 heterocycles. The number of benzene rings is 1. The van der Waals surface area contributed by atoms with Gasteiger partial charge in [0, 0.05) is 12.4 Å². The summed E-state index contributed by atoms with van der Waals surface area (Å²) in [5.41, 5.74) is 0.666. The Balaban J connectivity index is 2.19. The van der Waals surface area contributed by atoms with Crippen molar-refractivity contribution in [3.8, 4) is 5.75 Å². The zero-order valence-electron chi connectivity index (χ0n) is 10.6. The van der Waals surface area contributed by atoms with Gasteiger partial charge in [0.25, 0.3) is 5.56 Å². The molecule has 0 aliphatic rings. The van der Waals surface area contributed by atoms with Crippen LogP contribution in [0.4, 0.5) is 0 Å². The van der Waals surface area contributed by atoms with Gasteiger partial charge in [-0.2, -0.15) is 0 Å². The predicted molar refractivity (Wildman–Crippen MR) is 81.0 cm³/mol. The Labute approximate surface area is 129 Å². The fourth-order valence-electron chi connectivity index (χ4n) is 2.05. The molecule has 5 nitrogen and oxygen atoms in total. The average Bonchev–Trinajstić information content (AvgIpc) is 2.48. The minimum atomic E-state index is -0.339. The third-order valence-electron chi connectivity index (χ3n) is 3.08. The molecule has 21 heavy (non-hydrogen) atoms. The molecule has 3 rings (SSSR count).